The number of H-pyrrole nitrogens is 1. The van der Waals surface area contributed by atoms with Crippen LogP contribution in [-0.4, -0.2) is 35.8 Å². The number of aliphatic hydroxyl groups excluding tert-OH is 1. The average Bonchev–Trinajstić information content (AvgIpc) is 3.03. The molecule has 0 aliphatic heterocycles. The first-order chi connectivity index (χ1) is 11.7. The van der Waals surface area contributed by atoms with Crippen molar-refractivity contribution in [1.82, 2.24) is 10.3 Å². The van der Waals surface area contributed by atoms with E-state index in [4.69, 9.17) is 4.74 Å². The van der Waals surface area contributed by atoms with Crippen LogP contribution < -0.4 is 10.1 Å². The highest BCUT2D eigenvalue weighted by atomic mass is 16.5. The SMILES string of the molecule is COc1ccc2cc(C(=O)NCC(O)Cc3ccccc3)[nH]c2c1. The number of aromatic amines is 1. The van der Waals surface area contributed by atoms with E-state index in [1.54, 1.807) is 13.2 Å². The van der Waals surface area contributed by atoms with Gasteiger partial charge in [0.2, 0.25) is 0 Å². The standard InChI is InChI=1S/C19H20N2O3/c1-24-16-8-7-14-10-18(21-17(14)11-16)19(23)20-12-15(22)9-13-5-3-2-4-6-13/h2-8,10-11,15,21-22H,9,12H2,1H3,(H,20,23). The Balaban J connectivity index is 1.60. The summed E-state index contributed by atoms with van der Waals surface area (Å²) in [5, 5.41) is 13.8. The van der Waals surface area contributed by atoms with Crippen molar-refractivity contribution in [2.24, 2.45) is 0 Å². The van der Waals surface area contributed by atoms with Crippen molar-refractivity contribution in [2.75, 3.05) is 13.7 Å². The topological polar surface area (TPSA) is 74.3 Å². The molecule has 0 aliphatic carbocycles. The summed E-state index contributed by atoms with van der Waals surface area (Å²) in [5.74, 6) is 0.492. The Labute approximate surface area is 140 Å². The van der Waals surface area contributed by atoms with E-state index >= 15 is 0 Å². The monoisotopic (exact) mass is 324 g/mol. The number of aromatic nitrogens is 1. The fourth-order valence-electron chi connectivity index (χ4n) is 2.62. The van der Waals surface area contributed by atoms with Crippen molar-refractivity contribution in [2.45, 2.75) is 12.5 Å². The quantitative estimate of drug-likeness (QED) is 0.652. The van der Waals surface area contributed by atoms with E-state index in [0.29, 0.717) is 12.1 Å². The zero-order valence-corrected chi connectivity index (χ0v) is 13.5. The molecule has 1 atom stereocenters. The average molecular weight is 324 g/mol. The van der Waals surface area contributed by atoms with E-state index in [1.165, 1.54) is 0 Å². The Morgan fingerprint density at radius 2 is 2.00 bits per heavy atom. The fraction of sp³-hybridized carbons (Fsp3) is 0.211. The number of nitrogens with one attached hydrogen (secondary N) is 2. The van der Waals surface area contributed by atoms with Crippen LogP contribution in [0.2, 0.25) is 0 Å². The molecule has 0 fully saturated rings. The number of methoxy groups -OCH3 is 1. The second-order valence-electron chi connectivity index (χ2n) is 5.69. The number of benzene rings is 2. The lowest BCUT2D eigenvalue weighted by molar-refractivity contribution is 0.0912. The maximum absolute atomic E-state index is 12.2. The first-order valence-corrected chi connectivity index (χ1v) is 7.82. The van der Waals surface area contributed by atoms with Crippen molar-refractivity contribution in [3.63, 3.8) is 0 Å². The van der Waals surface area contributed by atoms with E-state index < -0.39 is 6.10 Å². The summed E-state index contributed by atoms with van der Waals surface area (Å²) in [4.78, 5) is 15.3. The highest BCUT2D eigenvalue weighted by Crippen LogP contribution is 2.21. The fourth-order valence-corrected chi connectivity index (χ4v) is 2.62. The molecule has 0 saturated heterocycles. The molecule has 2 aromatic carbocycles. The molecule has 3 aromatic rings. The third-order valence-electron chi connectivity index (χ3n) is 3.89. The largest absolute Gasteiger partial charge is 0.497 e. The molecule has 0 aliphatic rings. The van der Waals surface area contributed by atoms with Crippen LogP contribution in [0, 0.1) is 0 Å². The van der Waals surface area contributed by atoms with Gasteiger partial charge in [0.05, 0.1) is 13.2 Å². The van der Waals surface area contributed by atoms with E-state index in [9.17, 15) is 9.90 Å². The number of hydrogen-bond acceptors (Lipinski definition) is 3. The van der Waals surface area contributed by atoms with Gasteiger partial charge in [0.1, 0.15) is 11.4 Å². The van der Waals surface area contributed by atoms with E-state index in [0.717, 1.165) is 22.2 Å². The van der Waals surface area contributed by atoms with Gasteiger partial charge in [-0.15, -0.1) is 0 Å². The predicted octanol–water partition coefficient (Wildman–Crippen LogP) is 2.51. The first kappa shape index (κ1) is 16.1. The second kappa shape index (κ2) is 7.19. The minimum Gasteiger partial charge on any atom is -0.497 e. The highest BCUT2D eigenvalue weighted by Gasteiger charge is 2.12. The van der Waals surface area contributed by atoms with Crippen molar-refractivity contribution in [1.29, 1.82) is 0 Å². The summed E-state index contributed by atoms with van der Waals surface area (Å²) in [6, 6.07) is 17.1. The second-order valence-corrected chi connectivity index (χ2v) is 5.69. The lowest BCUT2D eigenvalue weighted by Gasteiger charge is -2.11. The Morgan fingerprint density at radius 1 is 1.21 bits per heavy atom. The first-order valence-electron chi connectivity index (χ1n) is 7.82. The smallest absolute Gasteiger partial charge is 0.267 e. The Hall–Kier alpha value is -2.79. The molecular weight excluding hydrogens is 304 g/mol. The molecule has 0 spiro atoms. The molecule has 5 heteroatoms. The van der Waals surface area contributed by atoms with Crippen LogP contribution in [-0.2, 0) is 6.42 Å². The van der Waals surface area contributed by atoms with Crippen molar-refractivity contribution >= 4 is 16.8 Å². The van der Waals surface area contributed by atoms with Crippen LogP contribution in [0.4, 0.5) is 0 Å². The molecule has 124 valence electrons. The molecular formula is C19H20N2O3. The Morgan fingerprint density at radius 3 is 2.75 bits per heavy atom. The predicted molar refractivity (Wildman–Crippen MR) is 93.3 cm³/mol. The van der Waals surface area contributed by atoms with Gasteiger partial charge in [-0.25, -0.2) is 0 Å². The zero-order valence-electron chi connectivity index (χ0n) is 13.5. The highest BCUT2D eigenvalue weighted by molar-refractivity contribution is 5.98. The maximum Gasteiger partial charge on any atom is 0.267 e. The molecule has 0 radical (unpaired) electrons. The summed E-state index contributed by atoms with van der Waals surface area (Å²) in [5.41, 5.74) is 2.34. The summed E-state index contributed by atoms with van der Waals surface area (Å²) in [7, 11) is 1.60. The van der Waals surface area contributed by atoms with Gasteiger partial charge in [0.15, 0.2) is 0 Å². The van der Waals surface area contributed by atoms with Gasteiger partial charge < -0.3 is 20.1 Å². The van der Waals surface area contributed by atoms with Crippen LogP contribution in [0.5, 0.6) is 5.75 Å². The number of rotatable bonds is 6. The maximum atomic E-state index is 12.2. The van der Waals surface area contributed by atoms with Crippen molar-refractivity contribution < 1.29 is 14.6 Å². The van der Waals surface area contributed by atoms with Gasteiger partial charge in [-0.05, 0) is 23.8 Å². The normalized spacial score (nSPS) is 12.1. The number of aliphatic hydroxyl groups is 1. The summed E-state index contributed by atoms with van der Waals surface area (Å²) in [6.45, 7) is 0.201. The molecule has 24 heavy (non-hydrogen) atoms. The van der Waals surface area contributed by atoms with Gasteiger partial charge in [-0.2, -0.15) is 0 Å². The Kier molecular flexibility index (Phi) is 4.82. The van der Waals surface area contributed by atoms with Crippen molar-refractivity contribution in [3.05, 3.63) is 65.9 Å². The molecule has 5 nitrogen and oxygen atoms in total. The molecule has 0 saturated carbocycles. The summed E-state index contributed by atoms with van der Waals surface area (Å²) in [6.07, 6.45) is -0.119. The van der Waals surface area contributed by atoms with E-state index in [-0.39, 0.29) is 12.5 Å². The lowest BCUT2D eigenvalue weighted by atomic mass is 10.1. The number of carbonyl (C=O) groups is 1. The number of amides is 1. The number of ether oxygens (including phenoxy) is 1. The van der Waals surface area contributed by atoms with Crippen molar-refractivity contribution in [3.8, 4) is 5.75 Å². The molecule has 1 aromatic heterocycles. The van der Waals surface area contributed by atoms with E-state index in [2.05, 4.69) is 10.3 Å². The van der Waals surface area contributed by atoms with Gasteiger partial charge in [-0.1, -0.05) is 30.3 Å². The van der Waals surface area contributed by atoms with Gasteiger partial charge in [0, 0.05) is 29.9 Å². The third kappa shape index (κ3) is 3.75. The van der Waals surface area contributed by atoms with Crippen LogP contribution >= 0.6 is 0 Å². The molecule has 1 heterocycles. The minimum atomic E-state index is -0.624. The number of hydrogen-bond donors (Lipinski definition) is 3. The van der Waals surface area contributed by atoms with Crippen LogP contribution in [0.1, 0.15) is 16.1 Å². The van der Waals surface area contributed by atoms with Gasteiger partial charge >= 0.3 is 0 Å². The number of fused-ring (bicyclic) bond motifs is 1. The van der Waals surface area contributed by atoms with Crippen LogP contribution in [0.15, 0.2) is 54.6 Å². The molecule has 1 amide bonds. The van der Waals surface area contributed by atoms with Crippen LogP contribution in [0.3, 0.4) is 0 Å². The third-order valence-corrected chi connectivity index (χ3v) is 3.89. The Bertz CT molecular complexity index is 827. The molecule has 0 bridgehead atoms. The summed E-state index contributed by atoms with van der Waals surface area (Å²) >= 11 is 0. The molecule has 3 N–H and O–H groups in total. The van der Waals surface area contributed by atoms with Crippen LogP contribution in [0.25, 0.3) is 10.9 Å². The summed E-state index contributed by atoms with van der Waals surface area (Å²) < 4.78 is 5.17. The molecule has 1 unspecified atom stereocenters. The van der Waals surface area contributed by atoms with E-state index in [1.807, 2.05) is 48.5 Å². The number of carbonyl (C=O) groups excluding carboxylic acids is 1. The van der Waals surface area contributed by atoms with Gasteiger partial charge in [0.25, 0.3) is 5.91 Å². The lowest BCUT2D eigenvalue weighted by Crippen LogP contribution is -2.33. The zero-order chi connectivity index (χ0) is 16.9. The van der Waals surface area contributed by atoms with Gasteiger partial charge in [-0.3, -0.25) is 4.79 Å². The molecule has 3 rings (SSSR count). The minimum absolute atomic E-state index is 0.201.